The van der Waals surface area contributed by atoms with E-state index in [0.29, 0.717) is 5.56 Å². The maximum Gasteiger partial charge on any atom is 0.123 e. The van der Waals surface area contributed by atoms with Crippen LogP contribution in [0, 0.1) is 11.6 Å². The molecule has 1 unspecified atom stereocenters. The topological polar surface area (TPSA) is 20.2 Å². The van der Waals surface area contributed by atoms with Crippen molar-refractivity contribution in [2.45, 2.75) is 16.6 Å². The molecular weight excluding hydrogens is 322 g/mol. The van der Waals surface area contributed by atoms with Gasteiger partial charge in [0.1, 0.15) is 21.8 Å². The van der Waals surface area contributed by atoms with Gasteiger partial charge in [-0.3, -0.25) is 0 Å². The molecule has 0 spiro atoms. The first-order valence-electron chi connectivity index (χ1n) is 7.09. The minimum atomic E-state index is -0.783. The average Bonchev–Trinajstić information content (AvgIpc) is 2.56. The third-order valence-electron chi connectivity index (χ3n) is 3.71. The molecule has 2 aromatic rings. The summed E-state index contributed by atoms with van der Waals surface area (Å²) < 4.78 is 25.8. The van der Waals surface area contributed by atoms with Crippen molar-refractivity contribution in [3.63, 3.8) is 0 Å². The first kappa shape index (κ1) is 15.8. The fraction of sp³-hybridized carbons (Fsp3) is 0.294. The van der Waals surface area contributed by atoms with E-state index in [9.17, 15) is 13.9 Å². The van der Waals surface area contributed by atoms with E-state index < -0.39 is 10.2 Å². The van der Waals surface area contributed by atoms with Crippen LogP contribution in [0.2, 0.25) is 0 Å². The maximum absolute atomic E-state index is 13.2. The second kappa shape index (κ2) is 6.60. The van der Waals surface area contributed by atoms with Crippen molar-refractivity contribution in [1.29, 1.82) is 0 Å². The average molecular weight is 338 g/mol. The van der Waals surface area contributed by atoms with Gasteiger partial charge < -0.3 is 5.11 Å². The maximum atomic E-state index is 13.2. The molecule has 0 aliphatic carbocycles. The van der Waals surface area contributed by atoms with E-state index in [1.165, 1.54) is 24.3 Å². The van der Waals surface area contributed by atoms with Crippen molar-refractivity contribution >= 4 is 23.5 Å². The quantitative estimate of drug-likeness (QED) is 0.874. The number of halogens is 2. The van der Waals surface area contributed by atoms with E-state index in [1.54, 1.807) is 47.8 Å². The number of benzene rings is 2. The van der Waals surface area contributed by atoms with E-state index in [0.717, 1.165) is 23.5 Å². The molecule has 1 aliphatic heterocycles. The molecule has 1 fully saturated rings. The lowest BCUT2D eigenvalue weighted by Gasteiger charge is -2.40. The van der Waals surface area contributed by atoms with Crippen LogP contribution in [0.4, 0.5) is 8.78 Å². The van der Waals surface area contributed by atoms with Gasteiger partial charge in [0.2, 0.25) is 0 Å². The smallest absolute Gasteiger partial charge is 0.123 e. The van der Waals surface area contributed by atoms with Gasteiger partial charge in [-0.15, -0.1) is 23.5 Å². The Morgan fingerprint density at radius 1 is 0.864 bits per heavy atom. The molecule has 0 aromatic heterocycles. The third-order valence-corrected chi connectivity index (χ3v) is 7.18. The van der Waals surface area contributed by atoms with Gasteiger partial charge in [0.15, 0.2) is 0 Å². The lowest BCUT2D eigenvalue weighted by molar-refractivity contribution is 0.163. The molecule has 1 heterocycles. The monoisotopic (exact) mass is 338 g/mol. The van der Waals surface area contributed by atoms with E-state index in [1.807, 2.05) is 0 Å². The van der Waals surface area contributed by atoms with Crippen LogP contribution in [0.15, 0.2) is 48.5 Å². The first-order valence-corrected chi connectivity index (χ1v) is 9.06. The molecule has 1 atom stereocenters. The van der Waals surface area contributed by atoms with Crippen LogP contribution < -0.4 is 0 Å². The Labute approximate surface area is 137 Å². The third kappa shape index (κ3) is 3.03. The zero-order chi connectivity index (χ0) is 15.6. The molecule has 0 bridgehead atoms. The van der Waals surface area contributed by atoms with Crippen molar-refractivity contribution in [3.05, 3.63) is 71.3 Å². The fourth-order valence-electron chi connectivity index (χ4n) is 2.58. The second-order valence-corrected chi connectivity index (χ2v) is 8.12. The van der Waals surface area contributed by atoms with Gasteiger partial charge in [0.05, 0.1) is 0 Å². The molecule has 1 aliphatic rings. The Balaban J connectivity index is 2.01. The summed E-state index contributed by atoms with van der Waals surface area (Å²) in [5.74, 6) is 1.25. The predicted molar refractivity (Wildman–Crippen MR) is 89.0 cm³/mol. The van der Waals surface area contributed by atoms with Crippen molar-refractivity contribution in [1.82, 2.24) is 0 Å². The molecule has 1 nitrogen and oxygen atoms in total. The molecule has 0 saturated carbocycles. The van der Waals surface area contributed by atoms with Gasteiger partial charge in [-0.2, -0.15) is 0 Å². The van der Waals surface area contributed by atoms with Crippen LogP contribution in [0.1, 0.15) is 23.7 Å². The number of aliphatic hydroxyl groups is 1. The minimum Gasteiger partial charge on any atom is -0.386 e. The summed E-state index contributed by atoms with van der Waals surface area (Å²) >= 11 is 3.35. The van der Waals surface area contributed by atoms with Crippen LogP contribution in [0.5, 0.6) is 0 Å². The van der Waals surface area contributed by atoms with Crippen molar-refractivity contribution in [2.75, 3.05) is 11.5 Å². The van der Waals surface area contributed by atoms with Crippen LogP contribution in [0.25, 0.3) is 0 Å². The lowest BCUT2D eigenvalue weighted by Crippen LogP contribution is -2.30. The highest BCUT2D eigenvalue weighted by Crippen LogP contribution is 2.57. The highest BCUT2D eigenvalue weighted by Gasteiger charge is 2.43. The van der Waals surface area contributed by atoms with E-state index >= 15 is 0 Å². The lowest BCUT2D eigenvalue weighted by atomic mass is 10.00. The highest BCUT2D eigenvalue weighted by molar-refractivity contribution is 8.18. The fourth-order valence-corrected chi connectivity index (χ4v) is 5.97. The summed E-state index contributed by atoms with van der Waals surface area (Å²) in [5.41, 5.74) is 1.56. The largest absolute Gasteiger partial charge is 0.386 e. The molecule has 1 N–H and O–H groups in total. The van der Waals surface area contributed by atoms with Crippen LogP contribution in [-0.2, 0) is 4.08 Å². The summed E-state index contributed by atoms with van der Waals surface area (Å²) in [6.07, 6.45) is 0.294. The molecule has 5 heteroatoms. The Morgan fingerprint density at radius 2 is 1.36 bits per heavy atom. The van der Waals surface area contributed by atoms with Crippen LogP contribution in [-0.4, -0.2) is 16.6 Å². The summed E-state index contributed by atoms with van der Waals surface area (Å²) in [4.78, 5) is 0. The predicted octanol–water partition coefficient (Wildman–Crippen LogP) is 4.72. The van der Waals surface area contributed by atoms with Crippen LogP contribution in [0.3, 0.4) is 0 Å². The van der Waals surface area contributed by atoms with Crippen molar-refractivity contribution in [2.24, 2.45) is 0 Å². The molecule has 1 saturated heterocycles. The number of hydrogen-bond acceptors (Lipinski definition) is 3. The Hall–Kier alpha value is -1.04. The summed E-state index contributed by atoms with van der Waals surface area (Å²) in [5, 5.41) is 11.0. The number of thioether (sulfide) groups is 2. The summed E-state index contributed by atoms with van der Waals surface area (Å²) in [6.45, 7) is 0. The van der Waals surface area contributed by atoms with Gasteiger partial charge in [-0.05, 0) is 53.3 Å². The Kier molecular flexibility index (Phi) is 4.76. The first-order chi connectivity index (χ1) is 10.6. The number of rotatable bonds is 3. The molecule has 116 valence electrons. The summed E-state index contributed by atoms with van der Waals surface area (Å²) in [7, 11) is 0. The normalized spacial score (nSPS) is 18.9. The van der Waals surface area contributed by atoms with Gasteiger partial charge in [-0.1, -0.05) is 24.3 Å². The molecular formula is C17H16F2OS2. The standard InChI is InChI=1S/C17H16F2OS2/c18-14-6-2-12(3-7-14)16(20)17(21-10-1-11-22-17)13-4-8-15(19)9-5-13/h2-9,16,20H,1,10-11H2. The van der Waals surface area contributed by atoms with Crippen molar-refractivity contribution in [3.8, 4) is 0 Å². The minimum absolute atomic E-state index is 0.291. The number of aliphatic hydroxyl groups excluding tert-OH is 1. The van der Waals surface area contributed by atoms with Gasteiger partial charge in [-0.25, -0.2) is 8.78 Å². The zero-order valence-electron chi connectivity index (χ0n) is 11.8. The molecule has 3 rings (SSSR count). The molecule has 2 aromatic carbocycles. The van der Waals surface area contributed by atoms with Gasteiger partial charge in [0, 0.05) is 0 Å². The highest BCUT2D eigenvalue weighted by atomic mass is 32.2. The Bertz CT molecular complexity index is 622. The summed E-state index contributed by atoms with van der Waals surface area (Å²) in [6, 6.07) is 12.2. The van der Waals surface area contributed by atoms with Gasteiger partial charge in [0.25, 0.3) is 0 Å². The van der Waals surface area contributed by atoms with Crippen LogP contribution >= 0.6 is 23.5 Å². The van der Waals surface area contributed by atoms with Gasteiger partial charge >= 0.3 is 0 Å². The van der Waals surface area contributed by atoms with Crippen molar-refractivity contribution < 1.29 is 13.9 Å². The molecule has 22 heavy (non-hydrogen) atoms. The van der Waals surface area contributed by atoms with E-state index in [-0.39, 0.29) is 11.6 Å². The van der Waals surface area contributed by atoms with E-state index in [2.05, 4.69) is 0 Å². The number of hydrogen-bond donors (Lipinski definition) is 1. The molecule has 0 radical (unpaired) electrons. The SMILES string of the molecule is OC(c1ccc(F)cc1)C1(c2ccc(F)cc2)SCCCS1. The molecule has 0 amide bonds. The Morgan fingerprint density at radius 3 is 1.91 bits per heavy atom. The van der Waals surface area contributed by atoms with E-state index in [4.69, 9.17) is 0 Å². The second-order valence-electron chi connectivity index (χ2n) is 5.18. The zero-order valence-corrected chi connectivity index (χ0v) is 13.5.